The van der Waals surface area contributed by atoms with Gasteiger partial charge in [-0.05, 0) is 43.6 Å². The molecule has 0 bridgehead atoms. The van der Waals surface area contributed by atoms with Gasteiger partial charge in [0.1, 0.15) is 0 Å². The molecule has 6 heteroatoms. The van der Waals surface area contributed by atoms with Crippen LogP contribution in [0, 0.1) is 5.92 Å². The van der Waals surface area contributed by atoms with Crippen molar-refractivity contribution in [3.8, 4) is 0 Å². The number of hydrogen-bond donors (Lipinski definition) is 2. The Balaban J connectivity index is 2.58. The van der Waals surface area contributed by atoms with Crippen LogP contribution in [0.15, 0.2) is 0 Å². The molecule has 0 aromatic heterocycles. The van der Waals surface area contributed by atoms with E-state index in [2.05, 4.69) is 0 Å². The van der Waals surface area contributed by atoms with E-state index in [1.165, 1.54) is 0 Å². The summed E-state index contributed by atoms with van der Waals surface area (Å²) in [4.78, 5) is -1.89. The molecule has 2 N–H and O–H groups in total. The van der Waals surface area contributed by atoms with Crippen LogP contribution in [-0.4, -0.2) is 35.0 Å². The Bertz CT molecular complexity index is 278. The standard InChI is InChI=1S/C8H16O4S2/c1-13-6-7-2-4-8(9,5-3-7)14(10,11)12/h7,9H,2-6H2,1H3,(H,10,11,12). The maximum Gasteiger partial charge on any atom is 0.294 e. The van der Waals surface area contributed by atoms with E-state index in [4.69, 9.17) is 4.55 Å². The molecule has 1 saturated carbocycles. The lowest BCUT2D eigenvalue weighted by molar-refractivity contribution is 0.0605. The van der Waals surface area contributed by atoms with Crippen LogP contribution in [0.1, 0.15) is 25.7 Å². The molecule has 1 aliphatic rings. The zero-order valence-corrected chi connectivity index (χ0v) is 9.77. The summed E-state index contributed by atoms with van der Waals surface area (Å²) in [6.45, 7) is 0. The summed E-state index contributed by atoms with van der Waals surface area (Å²) in [7, 11) is -4.32. The fraction of sp³-hybridized carbons (Fsp3) is 1.00. The quantitative estimate of drug-likeness (QED) is 0.723. The molecule has 0 heterocycles. The molecule has 84 valence electrons. The van der Waals surface area contributed by atoms with Gasteiger partial charge < -0.3 is 5.11 Å². The predicted molar refractivity (Wildman–Crippen MR) is 56.8 cm³/mol. The highest BCUT2D eigenvalue weighted by atomic mass is 32.2. The van der Waals surface area contributed by atoms with Gasteiger partial charge in [-0.2, -0.15) is 20.2 Å². The second kappa shape index (κ2) is 4.38. The van der Waals surface area contributed by atoms with Crippen molar-refractivity contribution < 1.29 is 18.1 Å². The third kappa shape index (κ3) is 2.62. The Morgan fingerprint density at radius 1 is 1.43 bits per heavy atom. The van der Waals surface area contributed by atoms with E-state index in [9.17, 15) is 13.5 Å². The van der Waals surface area contributed by atoms with Crippen molar-refractivity contribution in [2.24, 2.45) is 5.92 Å². The second-order valence-corrected chi connectivity index (χ2v) is 6.44. The van der Waals surface area contributed by atoms with E-state index in [1.807, 2.05) is 6.26 Å². The number of aliphatic hydroxyl groups is 1. The molecule has 0 atom stereocenters. The molecular weight excluding hydrogens is 224 g/mol. The van der Waals surface area contributed by atoms with Gasteiger partial charge in [-0.1, -0.05) is 0 Å². The van der Waals surface area contributed by atoms with Gasteiger partial charge in [-0.15, -0.1) is 0 Å². The Hall–Kier alpha value is 0.220. The van der Waals surface area contributed by atoms with Gasteiger partial charge in [0, 0.05) is 0 Å². The average molecular weight is 240 g/mol. The molecule has 0 aromatic rings. The van der Waals surface area contributed by atoms with E-state index >= 15 is 0 Å². The van der Waals surface area contributed by atoms with Gasteiger partial charge in [0.05, 0.1) is 0 Å². The first-order valence-corrected chi connectivity index (χ1v) is 7.41. The van der Waals surface area contributed by atoms with Crippen molar-refractivity contribution in [2.45, 2.75) is 30.6 Å². The minimum absolute atomic E-state index is 0.150. The van der Waals surface area contributed by atoms with E-state index in [-0.39, 0.29) is 12.8 Å². The fourth-order valence-electron chi connectivity index (χ4n) is 1.79. The molecule has 0 saturated heterocycles. The van der Waals surface area contributed by atoms with Crippen LogP contribution >= 0.6 is 11.8 Å². The van der Waals surface area contributed by atoms with Crippen molar-refractivity contribution in [2.75, 3.05) is 12.0 Å². The number of thioether (sulfide) groups is 1. The second-order valence-electron chi connectivity index (χ2n) is 3.82. The van der Waals surface area contributed by atoms with Gasteiger partial charge in [0.2, 0.25) is 0 Å². The summed E-state index contributed by atoms with van der Waals surface area (Å²) in [5.41, 5.74) is 0. The molecule has 14 heavy (non-hydrogen) atoms. The third-order valence-electron chi connectivity index (χ3n) is 2.77. The van der Waals surface area contributed by atoms with Gasteiger partial charge in [0.15, 0.2) is 4.93 Å². The summed E-state index contributed by atoms with van der Waals surface area (Å²) in [5, 5.41) is 9.65. The maximum absolute atomic E-state index is 10.9. The van der Waals surface area contributed by atoms with Gasteiger partial charge in [-0.25, -0.2) is 0 Å². The largest absolute Gasteiger partial charge is 0.372 e. The maximum atomic E-state index is 10.9. The predicted octanol–water partition coefficient (Wildman–Crippen LogP) is 1.12. The zero-order chi connectivity index (χ0) is 10.8. The Morgan fingerprint density at radius 3 is 2.29 bits per heavy atom. The van der Waals surface area contributed by atoms with Gasteiger partial charge in [-0.3, -0.25) is 4.55 Å². The Labute approximate surface area is 88.8 Å². The first kappa shape index (κ1) is 12.3. The van der Waals surface area contributed by atoms with Crippen molar-refractivity contribution in [1.82, 2.24) is 0 Å². The smallest absolute Gasteiger partial charge is 0.294 e. The van der Waals surface area contributed by atoms with E-state index in [1.54, 1.807) is 11.8 Å². The van der Waals surface area contributed by atoms with Crippen molar-refractivity contribution in [3.05, 3.63) is 0 Å². The summed E-state index contributed by atoms with van der Waals surface area (Å²) >= 11 is 1.72. The lowest BCUT2D eigenvalue weighted by Crippen LogP contribution is -2.42. The first-order valence-electron chi connectivity index (χ1n) is 4.57. The van der Waals surface area contributed by atoms with Crippen LogP contribution in [0.5, 0.6) is 0 Å². The fourth-order valence-corrected chi connectivity index (χ4v) is 3.35. The normalized spacial score (nSPS) is 34.4. The molecule has 0 unspecified atom stereocenters. The van der Waals surface area contributed by atoms with Gasteiger partial charge in [0.25, 0.3) is 10.1 Å². The molecule has 0 spiro atoms. The molecule has 0 amide bonds. The monoisotopic (exact) mass is 240 g/mol. The topological polar surface area (TPSA) is 74.6 Å². The van der Waals surface area contributed by atoms with E-state index < -0.39 is 15.1 Å². The van der Waals surface area contributed by atoms with Crippen molar-refractivity contribution in [3.63, 3.8) is 0 Å². The number of hydrogen-bond acceptors (Lipinski definition) is 4. The van der Waals surface area contributed by atoms with Crippen molar-refractivity contribution >= 4 is 21.9 Å². The first-order chi connectivity index (χ1) is 6.39. The van der Waals surface area contributed by atoms with Gasteiger partial charge >= 0.3 is 0 Å². The van der Waals surface area contributed by atoms with Crippen LogP contribution in [0.3, 0.4) is 0 Å². The summed E-state index contributed by atoms with van der Waals surface area (Å²) in [5.74, 6) is 1.45. The molecule has 1 rings (SSSR count). The van der Waals surface area contributed by atoms with Crippen LogP contribution in [0.2, 0.25) is 0 Å². The highest BCUT2D eigenvalue weighted by molar-refractivity contribution is 7.98. The summed E-state index contributed by atoms with van der Waals surface area (Å²) in [6.07, 6.45) is 3.63. The third-order valence-corrected chi connectivity index (χ3v) is 4.94. The minimum Gasteiger partial charge on any atom is -0.372 e. The lowest BCUT2D eigenvalue weighted by atomic mass is 9.88. The Morgan fingerprint density at radius 2 is 1.93 bits per heavy atom. The van der Waals surface area contributed by atoms with Crippen LogP contribution in [0.25, 0.3) is 0 Å². The molecule has 0 aromatic carbocycles. The minimum atomic E-state index is -4.32. The van der Waals surface area contributed by atoms with E-state index in [0.29, 0.717) is 18.8 Å². The number of rotatable bonds is 3. The molecule has 0 radical (unpaired) electrons. The highest BCUT2D eigenvalue weighted by Crippen LogP contribution is 2.36. The summed E-state index contributed by atoms with van der Waals surface area (Å²) in [6, 6.07) is 0. The van der Waals surface area contributed by atoms with E-state index in [0.717, 1.165) is 5.75 Å². The van der Waals surface area contributed by atoms with Crippen LogP contribution in [0.4, 0.5) is 0 Å². The SMILES string of the molecule is CSCC1CCC(O)(S(=O)(=O)O)CC1. The highest BCUT2D eigenvalue weighted by Gasteiger charge is 2.43. The lowest BCUT2D eigenvalue weighted by Gasteiger charge is -2.32. The molecule has 0 aliphatic heterocycles. The zero-order valence-electron chi connectivity index (χ0n) is 8.14. The molecular formula is C8H16O4S2. The average Bonchev–Trinajstić information content (AvgIpc) is 2.08. The molecule has 1 fully saturated rings. The molecule has 1 aliphatic carbocycles. The van der Waals surface area contributed by atoms with Crippen LogP contribution in [-0.2, 0) is 10.1 Å². The van der Waals surface area contributed by atoms with Crippen molar-refractivity contribution in [1.29, 1.82) is 0 Å². The van der Waals surface area contributed by atoms with Crippen LogP contribution < -0.4 is 0 Å². The molecule has 4 nitrogen and oxygen atoms in total. The summed E-state index contributed by atoms with van der Waals surface area (Å²) < 4.78 is 30.6. The Kier molecular flexibility index (Phi) is 3.85.